The Bertz CT molecular complexity index is 9320. The zero-order chi connectivity index (χ0) is 86.8. The zero-order valence-electron chi connectivity index (χ0n) is 72.4. The summed E-state index contributed by atoms with van der Waals surface area (Å²) in [5.74, 6) is 0. The number of benzene rings is 18. The standard InChI is InChI=1S/C64H38N4OS.C58H40N2OS/c1-3-17-41(18-4-1)65-51-27-11-7-21-43(51)45-25-15-29-55(61(45)65)67-53-35-33-39(37-49(53)59-47-23-9-13-31-57(47)69-63(59)67)40-34-36-54-50(38-40)60-48-24-10-14-32-58(48)70-64(60)68(54)56-30-16-26-46-44-22-8-12-28-52(44)66(62(46)56)42-19-5-2-6-20-42;1-57(2)45-17-9-5-13-37(45)41-31-35(23-25-47(41)57)59-49-27-21-33(29-43(49)53-39-15-7-11-19-51(39)61-55(53)59)34-22-28-50-44(30-34)54-40-16-8-12-20-52(40)62-56(54)60(50)36-24-26-48-42(32-36)38-14-6-10-18-46(38)58(48,3)4/h1-38H;5-32H,1-4H3. The molecule has 10 heteroatoms. The summed E-state index contributed by atoms with van der Waals surface area (Å²) in [6, 6.07) is 147. The molecule has 28 aromatic rings. The summed E-state index contributed by atoms with van der Waals surface area (Å²) in [5.41, 5.74) is 35.1. The first-order valence-electron chi connectivity index (χ1n) is 45.5. The highest BCUT2D eigenvalue weighted by Crippen LogP contribution is 2.55. The Morgan fingerprint density at radius 3 is 1.04 bits per heavy atom. The van der Waals surface area contributed by atoms with E-state index in [2.05, 4.69) is 455 Å². The lowest BCUT2D eigenvalue weighted by atomic mass is 9.82. The van der Waals surface area contributed by atoms with Crippen LogP contribution in [-0.4, -0.2) is 27.4 Å². The summed E-state index contributed by atoms with van der Waals surface area (Å²) in [6.45, 7) is 9.39. The van der Waals surface area contributed by atoms with Gasteiger partial charge >= 0.3 is 0 Å². The average molecular weight is 1720 g/mol. The van der Waals surface area contributed by atoms with Crippen molar-refractivity contribution in [2.45, 2.75) is 38.5 Å². The van der Waals surface area contributed by atoms with Gasteiger partial charge in [0, 0.05) is 118 Å². The minimum absolute atomic E-state index is 0.0357. The lowest BCUT2D eigenvalue weighted by Crippen LogP contribution is -2.14. The molecule has 0 saturated heterocycles. The van der Waals surface area contributed by atoms with E-state index in [1.807, 2.05) is 22.7 Å². The molecule has 0 saturated carbocycles. The van der Waals surface area contributed by atoms with E-state index in [-0.39, 0.29) is 10.8 Å². The molecular weight excluding hydrogens is 1650 g/mol. The summed E-state index contributed by atoms with van der Waals surface area (Å²) < 4.78 is 30.9. The van der Waals surface area contributed by atoms with Crippen LogP contribution in [-0.2, 0) is 10.8 Å². The second kappa shape index (κ2) is 27.2. The summed E-state index contributed by atoms with van der Waals surface area (Å²) in [6.07, 6.45) is 0. The van der Waals surface area contributed by atoms with Gasteiger partial charge in [0.25, 0.3) is 0 Å². The highest BCUT2D eigenvalue weighted by Gasteiger charge is 2.38. The number of para-hydroxylation sites is 8. The fourth-order valence-electron chi connectivity index (χ4n) is 23.4. The third kappa shape index (κ3) is 10.1. The first-order chi connectivity index (χ1) is 65.0. The molecule has 10 aromatic heterocycles. The number of thiophene rings is 2. The first kappa shape index (κ1) is 73.8. The monoisotopic (exact) mass is 1720 g/mol. The summed E-state index contributed by atoms with van der Waals surface area (Å²) >= 11 is 3.76. The molecule has 0 amide bonds. The van der Waals surface area contributed by atoms with Crippen molar-refractivity contribution in [2.75, 3.05) is 0 Å². The maximum atomic E-state index is 6.96. The number of furan rings is 2. The van der Waals surface area contributed by atoms with E-state index in [0.29, 0.717) is 0 Å². The van der Waals surface area contributed by atoms with E-state index >= 15 is 0 Å². The van der Waals surface area contributed by atoms with E-state index in [1.165, 1.54) is 173 Å². The smallest absolute Gasteiger partial charge is 0.213 e. The van der Waals surface area contributed by atoms with E-state index in [1.54, 1.807) is 0 Å². The first-order valence-corrected chi connectivity index (χ1v) is 47.1. The molecule has 0 atom stereocenters. The van der Waals surface area contributed by atoms with Crippen LogP contribution in [0.1, 0.15) is 49.9 Å². The van der Waals surface area contributed by atoms with Crippen LogP contribution in [0, 0.1) is 0 Å². The third-order valence-electron chi connectivity index (χ3n) is 29.3. The molecule has 10 heterocycles. The highest BCUT2D eigenvalue weighted by molar-refractivity contribution is 7.26. The maximum absolute atomic E-state index is 6.96. The molecule has 0 bridgehead atoms. The van der Waals surface area contributed by atoms with Gasteiger partial charge in [0.15, 0.2) is 0 Å². The second-order valence-corrected chi connectivity index (χ2v) is 39.0. The van der Waals surface area contributed by atoms with Crippen molar-refractivity contribution in [1.29, 1.82) is 0 Å². The van der Waals surface area contributed by atoms with Gasteiger partial charge in [-0.25, -0.2) is 0 Å². The molecule has 620 valence electrons. The number of hydrogen-bond acceptors (Lipinski definition) is 4. The Hall–Kier alpha value is -16.2. The maximum Gasteiger partial charge on any atom is 0.213 e. The Labute approximate surface area is 765 Å². The molecule has 0 N–H and O–H groups in total. The van der Waals surface area contributed by atoms with Crippen LogP contribution >= 0.6 is 22.7 Å². The molecule has 2 aliphatic carbocycles. The molecule has 2 aliphatic rings. The van der Waals surface area contributed by atoms with Crippen LogP contribution in [0.4, 0.5) is 0 Å². The Kier molecular flexibility index (Phi) is 15.2. The zero-order valence-corrected chi connectivity index (χ0v) is 74.1. The summed E-state index contributed by atoms with van der Waals surface area (Å²) in [5, 5.41) is 19.5. The fourth-order valence-corrected chi connectivity index (χ4v) is 25.9. The summed E-state index contributed by atoms with van der Waals surface area (Å²) in [4.78, 5) is 2.52. The van der Waals surface area contributed by atoms with Crippen LogP contribution in [0.2, 0.25) is 0 Å². The normalized spacial score (nSPS) is 13.4. The number of hydrogen-bond donors (Lipinski definition) is 0. The van der Waals surface area contributed by atoms with Gasteiger partial charge in [0.05, 0.1) is 66.3 Å². The Morgan fingerprint density at radius 2 is 0.553 bits per heavy atom. The molecule has 0 fully saturated rings. The van der Waals surface area contributed by atoms with E-state index < -0.39 is 0 Å². The van der Waals surface area contributed by atoms with Crippen LogP contribution in [0.5, 0.6) is 0 Å². The van der Waals surface area contributed by atoms with Gasteiger partial charge in [-0.05, 0) is 212 Å². The van der Waals surface area contributed by atoms with Crippen LogP contribution in [0.3, 0.4) is 0 Å². The van der Waals surface area contributed by atoms with Gasteiger partial charge in [-0.1, -0.05) is 282 Å². The molecule has 0 unspecified atom stereocenters. The van der Waals surface area contributed by atoms with Gasteiger partial charge in [0.2, 0.25) is 11.4 Å². The van der Waals surface area contributed by atoms with Crippen molar-refractivity contribution in [3.8, 4) is 78.6 Å². The predicted molar refractivity (Wildman–Crippen MR) is 555 cm³/mol. The largest absolute Gasteiger partial charge is 0.439 e. The number of fused-ring (bicyclic) bond motifs is 32. The van der Waals surface area contributed by atoms with Crippen LogP contribution in [0.15, 0.2) is 409 Å². The molecule has 18 aromatic carbocycles. The van der Waals surface area contributed by atoms with E-state index in [4.69, 9.17) is 8.83 Å². The predicted octanol–water partition coefficient (Wildman–Crippen LogP) is 33.8. The van der Waals surface area contributed by atoms with E-state index in [0.717, 1.165) is 100 Å². The molecule has 0 spiro atoms. The van der Waals surface area contributed by atoms with Crippen molar-refractivity contribution < 1.29 is 8.83 Å². The van der Waals surface area contributed by atoms with Gasteiger partial charge in [-0.15, -0.1) is 22.7 Å². The minimum atomic E-state index is -0.0553. The Morgan fingerprint density at radius 1 is 0.212 bits per heavy atom. The number of nitrogens with zero attached hydrogens (tertiary/aromatic N) is 6. The average Bonchev–Trinajstić information content (AvgIpc) is 1.54. The van der Waals surface area contributed by atoms with Crippen molar-refractivity contribution in [3.05, 3.63) is 423 Å². The fraction of sp³-hybridized carbons (Fsp3) is 0.0492. The van der Waals surface area contributed by atoms with Gasteiger partial charge in [-0.2, -0.15) is 0 Å². The molecule has 0 aliphatic heterocycles. The van der Waals surface area contributed by atoms with Crippen LogP contribution in [0.25, 0.3) is 251 Å². The number of aromatic nitrogens is 6. The SMILES string of the molecule is CC1(C)c2ccccc2-c2cc(-n3c4ccc(-c5ccc6c(c5)c5c7ccccc7sc5n6-c5ccc6c(c5)-c5ccccc5C6(C)C)cc4c4c5ccccc5oc43)ccc21.c1ccc(-n2c3ccccc3c3cccc(-n4c5ccc(-c6ccc7c(c6)c6c8ccccc8sc6n7-c6cccc7c8ccccc8n(-c8ccccc8)c67)cc5c5c6ccccc6oc54)c32)cc1. The van der Waals surface area contributed by atoms with Crippen molar-refractivity contribution >= 4 is 195 Å². The van der Waals surface area contributed by atoms with Gasteiger partial charge in [0.1, 0.15) is 20.8 Å². The van der Waals surface area contributed by atoms with Crippen molar-refractivity contribution in [3.63, 3.8) is 0 Å². The molecule has 132 heavy (non-hydrogen) atoms. The lowest BCUT2D eigenvalue weighted by molar-refractivity contribution is 0.644. The lowest BCUT2D eigenvalue weighted by Gasteiger charge is -2.21. The molecular formula is C122H78N6O2S2. The van der Waals surface area contributed by atoms with Gasteiger partial charge in [-0.3, -0.25) is 13.7 Å². The Balaban J connectivity index is 0.000000130. The topological polar surface area (TPSA) is 55.9 Å². The van der Waals surface area contributed by atoms with Crippen molar-refractivity contribution in [2.24, 2.45) is 0 Å². The van der Waals surface area contributed by atoms with Crippen molar-refractivity contribution in [1.82, 2.24) is 27.4 Å². The van der Waals surface area contributed by atoms with E-state index in [9.17, 15) is 0 Å². The van der Waals surface area contributed by atoms with Crippen LogP contribution < -0.4 is 0 Å². The highest BCUT2D eigenvalue weighted by atomic mass is 32.1. The second-order valence-electron chi connectivity index (χ2n) is 36.9. The minimum Gasteiger partial charge on any atom is -0.439 e. The number of rotatable bonds is 8. The van der Waals surface area contributed by atoms with Gasteiger partial charge < -0.3 is 22.5 Å². The third-order valence-corrected chi connectivity index (χ3v) is 31.6. The summed E-state index contributed by atoms with van der Waals surface area (Å²) in [7, 11) is 0. The molecule has 0 radical (unpaired) electrons. The molecule has 8 nitrogen and oxygen atoms in total. The quantitative estimate of drug-likeness (QED) is 0.152. The molecule has 30 rings (SSSR count).